The molecule has 66 valence electrons. The Bertz CT molecular complexity index is 122. The molecule has 0 bridgehead atoms. The van der Waals surface area contributed by atoms with Crippen LogP contribution in [0.25, 0.3) is 0 Å². The van der Waals surface area contributed by atoms with Gasteiger partial charge >= 0.3 is 0 Å². The molecule has 1 aliphatic rings. The molecular weight excluding hydrogens is 136 g/mol. The van der Waals surface area contributed by atoms with Gasteiger partial charge in [-0.1, -0.05) is 20.3 Å². The van der Waals surface area contributed by atoms with Gasteiger partial charge < -0.3 is 4.74 Å². The van der Waals surface area contributed by atoms with Crippen molar-refractivity contribution in [1.82, 2.24) is 0 Å². The molecule has 2 atom stereocenters. The zero-order valence-corrected chi connectivity index (χ0v) is 8.02. The van der Waals surface area contributed by atoms with Crippen molar-refractivity contribution in [2.24, 2.45) is 5.92 Å². The lowest BCUT2D eigenvalue weighted by Gasteiger charge is -2.32. The van der Waals surface area contributed by atoms with E-state index in [9.17, 15) is 0 Å². The Hall–Kier alpha value is -0.0400. The Morgan fingerprint density at radius 3 is 2.55 bits per heavy atom. The molecule has 1 nitrogen and oxygen atoms in total. The molecule has 0 N–H and O–H groups in total. The van der Waals surface area contributed by atoms with Gasteiger partial charge in [0, 0.05) is 6.61 Å². The summed E-state index contributed by atoms with van der Waals surface area (Å²) in [6, 6.07) is 0. The SMILES string of the molecule is CCOC1(CC)CCCC1C. The first-order valence-corrected chi connectivity index (χ1v) is 4.89. The summed E-state index contributed by atoms with van der Waals surface area (Å²) in [6.07, 6.45) is 5.17. The van der Waals surface area contributed by atoms with E-state index in [0.29, 0.717) is 0 Å². The van der Waals surface area contributed by atoms with Crippen molar-refractivity contribution in [2.75, 3.05) is 6.61 Å². The summed E-state index contributed by atoms with van der Waals surface area (Å²) in [5, 5.41) is 0. The molecule has 2 unspecified atom stereocenters. The summed E-state index contributed by atoms with van der Waals surface area (Å²) in [6.45, 7) is 7.55. The van der Waals surface area contributed by atoms with E-state index in [4.69, 9.17) is 4.74 Å². The third-order valence-corrected chi connectivity index (χ3v) is 3.17. The lowest BCUT2D eigenvalue weighted by molar-refractivity contribution is -0.0649. The highest BCUT2D eigenvalue weighted by Crippen LogP contribution is 2.40. The summed E-state index contributed by atoms with van der Waals surface area (Å²) >= 11 is 0. The van der Waals surface area contributed by atoms with Crippen LogP contribution in [0.3, 0.4) is 0 Å². The monoisotopic (exact) mass is 156 g/mol. The van der Waals surface area contributed by atoms with Gasteiger partial charge in [-0.2, -0.15) is 0 Å². The van der Waals surface area contributed by atoms with Crippen molar-refractivity contribution in [2.45, 2.75) is 52.1 Å². The van der Waals surface area contributed by atoms with Gasteiger partial charge in [0.1, 0.15) is 0 Å². The smallest absolute Gasteiger partial charge is 0.0705 e. The van der Waals surface area contributed by atoms with Crippen molar-refractivity contribution < 1.29 is 4.74 Å². The number of rotatable bonds is 3. The van der Waals surface area contributed by atoms with E-state index < -0.39 is 0 Å². The summed E-state index contributed by atoms with van der Waals surface area (Å²) < 4.78 is 5.85. The van der Waals surface area contributed by atoms with Crippen LogP contribution in [0.1, 0.15) is 46.5 Å². The Morgan fingerprint density at radius 2 is 2.18 bits per heavy atom. The molecule has 0 aliphatic heterocycles. The molecule has 0 saturated heterocycles. The van der Waals surface area contributed by atoms with Gasteiger partial charge in [0.25, 0.3) is 0 Å². The van der Waals surface area contributed by atoms with E-state index in [2.05, 4.69) is 20.8 Å². The minimum absolute atomic E-state index is 0.245. The molecule has 0 radical (unpaired) electrons. The van der Waals surface area contributed by atoms with Gasteiger partial charge in [-0.3, -0.25) is 0 Å². The van der Waals surface area contributed by atoms with E-state index in [1.165, 1.54) is 25.7 Å². The molecule has 0 aromatic rings. The zero-order chi connectivity index (χ0) is 8.32. The van der Waals surface area contributed by atoms with Crippen LogP contribution in [0.2, 0.25) is 0 Å². The van der Waals surface area contributed by atoms with Crippen LogP contribution in [0.15, 0.2) is 0 Å². The molecule has 1 fully saturated rings. The zero-order valence-electron chi connectivity index (χ0n) is 8.02. The molecule has 1 rings (SSSR count). The molecule has 0 aromatic heterocycles. The maximum Gasteiger partial charge on any atom is 0.0705 e. The normalized spacial score (nSPS) is 37.9. The van der Waals surface area contributed by atoms with Crippen molar-refractivity contribution in [1.29, 1.82) is 0 Å². The Balaban J connectivity index is 2.57. The van der Waals surface area contributed by atoms with Crippen molar-refractivity contribution in [3.8, 4) is 0 Å². The predicted molar refractivity (Wildman–Crippen MR) is 47.7 cm³/mol. The van der Waals surface area contributed by atoms with E-state index >= 15 is 0 Å². The number of hydrogen-bond donors (Lipinski definition) is 0. The van der Waals surface area contributed by atoms with Gasteiger partial charge in [0.05, 0.1) is 5.60 Å². The lowest BCUT2D eigenvalue weighted by atomic mass is 9.89. The second kappa shape index (κ2) is 3.57. The largest absolute Gasteiger partial charge is 0.375 e. The van der Waals surface area contributed by atoms with E-state index in [-0.39, 0.29) is 5.60 Å². The lowest BCUT2D eigenvalue weighted by Crippen LogP contribution is -2.34. The summed E-state index contributed by atoms with van der Waals surface area (Å²) in [5.41, 5.74) is 0.245. The fourth-order valence-electron chi connectivity index (χ4n) is 2.35. The Kier molecular flexibility index (Phi) is 2.94. The van der Waals surface area contributed by atoms with E-state index in [0.717, 1.165) is 12.5 Å². The van der Waals surface area contributed by atoms with Crippen molar-refractivity contribution in [3.05, 3.63) is 0 Å². The molecule has 0 spiro atoms. The highest BCUT2D eigenvalue weighted by molar-refractivity contribution is 4.90. The topological polar surface area (TPSA) is 9.23 Å². The van der Waals surface area contributed by atoms with Crippen LogP contribution in [0.4, 0.5) is 0 Å². The average molecular weight is 156 g/mol. The van der Waals surface area contributed by atoms with Gasteiger partial charge in [0.15, 0.2) is 0 Å². The first-order valence-electron chi connectivity index (χ1n) is 4.89. The highest BCUT2D eigenvalue weighted by atomic mass is 16.5. The number of hydrogen-bond acceptors (Lipinski definition) is 1. The highest BCUT2D eigenvalue weighted by Gasteiger charge is 2.38. The number of ether oxygens (including phenoxy) is 1. The fourth-order valence-corrected chi connectivity index (χ4v) is 2.35. The van der Waals surface area contributed by atoms with Crippen LogP contribution in [0, 0.1) is 5.92 Å². The first kappa shape index (κ1) is 9.05. The maximum absolute atomic E-state index is 5.85. The third-order valence-electron chi connectivity index (χ3n) is 3.17. The molecule has 0 aromatic carbocycles. The summed E-state index contributed by atoms with van der Waals surface area (Å²) in [5.74, 6) is 0.771. The van der Waals surface area contributed by atoms with E-state index in [1.807, 2.05) is 0 Å². The third kappa shape index (κ3) is 1.58. The van der Waals surface area contributed by atoms with E-state index in [1.54, 1.807) is 0 Å². The van der Waals surface area contributed by atoms with Crippen LogP contribution in [0.5, 0.6) is 0 Å². The predicted octanol–water partition coefficient (Wildman–Crippen LogP) is 2.99. The first-order chi connectivity index (χ1) is 5.25. The molecule has 1 saturated carbocycles. The van der Waals surface area contributed by atoms with Crippen molar-refractivity contribution >= 4 is 0 Å². The van der Waals surface area contributed by atoms with Crippen molar-refractivity contribution in [3.63, 3.8) is 0 Å². The van der Waals surface area contributed by atoms with Crippen LogP contribution >= 0.6 is 0 Å². The van der Waals surface area contributed by atoms with Gasteiger partial charge in [-0.05, 0) is 32.1 Å². The van der Waals surface area contributed by atoms with Gasteiger partial charge in [-0.25, -0.2) is 0 Å². The standard InChI is InChI=1S/C10H20O/c1-4-10(11-5-2)8-6-7-9(10)3/h9H,4-8H2,1-3H3. The molecular formula is C10H20O. The molecule has 1 heteroatoms. The van der Waals surface area contributed by atoms with Gasteiger partial charge in [-0.15, -0.1) is 0 Å². The summed E-state index contributed by atoms with van der Waals surface area (Å²) in [7, 11) is 0. The second-order valence-electron chi connectivity index (χ2n) is 3.64. The van der Waals surface area contributed by atoms with Crippen LogP contribution in [-0.2, 0) is 4.74 Å². The molecule has 11 heavy (non-hydrogen) atoms. The minimum atomic E-state index is 0.245. The quantitative estimate of drug-likeness (QED) is 0.610. The van der Waals surface area contributed by atoms with Crippen LogP contribution < -0.4 is 0 Å². The maximum atomic E-state index is 5.85. The molecule has 0 amide bonds. The Morgan fingerprint density at radius 1 is 1.45 bits per heavy atom. The fraction of sp³-hybridized carbons (Fsp3) is 1.00. The van der Waals surface area contributed by atoms with Crippen LogP contribution in [-0.4, -0.2) is 12.2 Å². The minimum Gasteiger partial charge on any atom is -0.375 e. The molecule has 1 aliphatic carbocycles. The summed E-state index contributed by atoms with van der Waals surface area (Å²) in [4.78, 5) is 0. The molecule has 0 heterocycles. The second-order valence-corrected chi connectivity index (χ2v) is 3.64. The average Bonchev–Trinajstić information content (AvgIpc) is 2.35. The Labute approximate surface area is 70.1 Å². The van der Waals surface area contributed by atoms with Gasteiger partial charge in [0.2, 0.25) is 0 Å².